The summed E-state index contributed by atoms with van der Waals surface area (Å²) in [5.74, 6) is 0.885. The summed E-state index contributed by atoms with van der Waals surface area (Å²) in [6.45, 7) is 0.300. The van der Waals surface area contributed by atoms with Crippen molar-refractivity contribution < 1.29 is 17.9 Å². The number of hydrogen-bond acceptors (Lipinski definition) is 5. The Labute approximate surface area is 178 Å². The first kappa shape index (κ1) is 19.1. The van der Waals surface area contributed by atoms with Gasteiger partial charge in [0.1, 0.15) is 12.7 Å². The molecule has 0 fully saturated rings. The maximum absolute atomic E-state index is 11.6. The molecule has 0 radical (unpaired) electrons. The Morgan fingerprint density at radius 1 is 0.933 bits per heavy atom. The number of thiophene rings is 1. The first-order valence-corrected chi connectivity index (χ1v) is 11.8. The van der Waals surface area contributed by atoms with Gasteiger partial charge in [-0.3, -0.25) is 0 Å². The molecule has 7 heteroatoms. The van der Waals surface area contributed by atoms with Gasteiger partial charge in [0.05, 0.1) is 10.8 Å². The molecular weight excluding hydrogens is 418 g/mol. The molecule has 3 aromatic carbocycles. The fraction of sp³-hybridized carbons (Fsp3) is 0.130. The van der Waals surface area contributed by atoms with Crippen molar-refractivity contribution in [1.82, 2.24) is 0 Å². The van der Waals surface area contributed by atoms with Crippen LogP contribution >= 0.6 is 11.3 Å². The molecule has 0 saturated heterocycles. The Kier molecular flexibility index (Phi) is 4.73. The minimum absolute atomic E-state index is 0.00687. The molecule has 4 aromatic rings. The van der Waals surface area contributed by atoms with Crippen molar-refractivity contribution in [2.45, 2.75) is 16.9 Å². The van der Waals surface area contributed by atoms with Crippen LogP contribution in [0.5, 0.6) is 11.5 Å². The Bertz CT molecular complexity index is 1280. The van der Waals surface area contributed by atoms with Gasteiger partial charge in [0, 0.05) is 15.6 Å². The van der Waals surface area contributed by atoms with Crippen LogP contribution in [-0.2, 0) is 10.0 Å². The molecule has 0 aliphatic carbocycles. The summed E-state index contributed by atoms with van der Waals surface area (Å²) in [5, 5.41) is 6.43. The van der Waals surface area contributed by atoms with Crippen molar-refractivity contribution in [3.05, 3.63) is 89.3 Å². The van der Waals surface area contributed by atoms with Crippen molar-refractivity contribution in [2.24, 2.45) is 5.14 Å². The SMILES string of the molecule is NS(=O)(=O)c1ccc2c(c1)OCC([C@@H](c1ccccc1)c1cc3ccccc3s1)O2. The first-order valence-electron chi connectivity index (χ1n) is 9.49. The van der Waals surface area contributed by atoms with Crippen LogP contribution in [0.1, 0.15) is 16.4 Å². The molecule has 0 spiro atoms. The highest BCUT2D eigenvalue weighted by Gasteiger charge is 2.33. The summed E-state index contributed by atoms with van der Waals surface area (Å²) in [7, 11) is -3.80. The van der Waals surface area contributed by atoms with Crippen LogP contribution in [0.2, 0.25) is 0 Å². The zero-order valence-corrected chi connectivity index (χ0v) is 17.5. The molecule has 5 rings (SSSR count). The lowest BCUT2D eigenvalue weighted by Crippen LogP contribution is -2.35. The zero-order chi connectivity index (χ0) is 20.7. The molecule has 152 valence electrons. The molecule has 2 atom stereocenters. The molecule has 1 unspecified atom stereocenters. The van der Waals surface area contributed by atoms with Gasteiger partial charge >= 0.3 is 0 Å². The highest BCUT2D eigenvalue weighted by Crippen LogP contribution is 2.42. The standard InChI is InChI=1S/C23H19NO4S2/c24-30(25,26)17-10-11-18-19(13-17)27-14-20(28-18)23(15-6-2-1-3-7-15)22-12-16-8-4-5-9-21(16)29-22/h1-13,20,23H,14H2,(H2,24,25,26)/t20?,23-/m1/s1. The van der Waals surface area contributed by atoms with Crippen molar-refractivity contribution in [3.63, 3.8) is 0 Å². The number of hydrogen-bond donors (Lipinski definition) is 1. The smallest absolute Gasteiger partial charge is 0.238 e. The first-order chi connectivity index (χ1) is 14.5. The quantitative estimate of drug-likeness (QED) is 0.509. The van der Waals surface area contributed by atoms with Gasteiger partial charge in [-0.1, -0.05) is 48.5 Å². The van der Waals surface area contributed by atoms with Crippen LogP contribution in [0.3, 0.4) is 0 Å². The number of rotatable bonds is 4. The Morgan fingerprint density at radius 2 is 1.70 bits per heavy atom. The largest absolute Gasteiger partial charge is 0.486 e. The summed E-state index contributed by atoms with van der Waals surface area (Å²) in [6.07, 6.45) is -0.256. The second kappa shape index (κ2) is 7.43. The molecule has 1 aliphatic rings. The fourth-order valence-corrected chi connectivity index (χ4v) is 5.56. The molecule has 0 amide bonds. The molecular formula is C23H19NO4S2. The van der Waals surface area contributed by atoms with E-state index in [2.05, 4.69) is 30.3 Å². The molecule has 1 aliphatic heterocycles. The predicted octanol–water partition coefficient (Wildman–Crippen LogP) is 4.52. The van der Waals surface area contributed by atoms with Crippen LogP contribution < -0.4 is 14.6 Å². The third kappa shape index (κ3) is 3.56. The number of ether oxygens (including phenoxy) is 2. The maximum Gasteiger partial charge on any atom is 0.238 e. The van der Waals surface area contributed by atoms with E-state index in [1.807, 2.05) is 30.3 Å². The number of primary sulfonamides is 1. The Balaban J connectivity index is 1.54. The lowest BCUT2D eigenvalue weighted by Gasteiger charge is -2.32. The minimum atomic E-state index is -3.80. The summed E-state index contributed by atoms with van der Waals surface area (Å²) in [6, 6.07) is 25.2. The monoisotopic (exact) mass is 437 g/mol. The van der Waals surface area contributed by atoms with Gasteiger partial charge in [-0.2, -0.15) is 0 Å². The summed E-state index contributed by atoms with van der Waals surface area (Å²) < 4.78 is 36.7. The van der Waals surface area contributed by atoms with Crippen LogP contribution in [0.4, 0.5) is 0 Å². The van der Waals surface area contributed by atoms with E-state index in [9.17, 15) is 8.42 Å². The molecule has 0 bridgehead atoms. The van der Waals surface area contributed by atoms with Crippen LogP contribution in [0.25, 0.3) is 10.1 Å². The van der Waals surface area contributed by atoms with Gasteiger partial charge in [0.15, 0.2) is 11.5 Å². The molecule has 5 nitrogen and oxygen atoms in total. The highest BCUT2D eigenvalue weighted by molar-refractivity contribution is 7.89. The van der Waals surface area contributed by atoms with Crippen molar-refractivity contribution in [1.29, 1.82) is 0 Å². The third-order valence-electron chi connectivity index (χ3n) is 5.21. The van der Waals surface area contributed by atoms with Crippen LogP contribution in [0.15, 0.2) is 83.8 Å². The van der Waals surface area contributed by atoms with E-state index in [0.717, 1.165) is 5.56 Å². The van der Waals surface area contributed by atoms with Gasteiger partial charge in [-0.05, 0) is 35.2 Å². The van der Waals surface area contributed by atoms with E-state index in [-0.39, 0.29) is 16.9 Å². The minimum Gasteiger partial charge on any atom is -0.486 e. The molecule has 0 saturated carbocycles. The molecule has 2 heterocycles. The second-order valence-electron chi connectivity index (χ2n) is 7.20. The normalized spacial score (nSPS) is 17.0. The Hall–Kier alpha value is -2.87. The van der Waals surface area contributed by atoms with Gasteiger partial charge in [0.25, 0.3) is 0 Å². The molecule has 2 N–H and O–H groups in total. The third-order valence-corrected chi connectivity index (χ3v) is 7.32. The lowest BCUT2D eigenvalue weighted by atomic mass is 9.91. The second-order valence-corrected chi connectivity index (χ2v) is 9.87. The number of sulfonamides is 1. The molecule has 30 heavy (non-hydrogen) atoms. The van der Waals surface area contributed by atoms with Gasteiger partial charge in [-0.25, -0.2) is 13.6 Å². The number of nitrogens with two attached hydrogens (primary N) is 1. The Morgan fingerprint density at radius 3 is 2.47 bits per heavy atom. The molecule has 1 aromatic heterocycles. The number of benzene rings is 3. The van der Waals surface area contributed by atoms with Gasteiger partial charge < -0.3 is 9.47 Å². The van der Waals surface area contributed by atoms with E-state index in [4.69, 9.17) is 14.6 Å². The summed E-state index contributed by atoms with van der Waals surface area (Å²) in [5.41, 5.74) is 1.14. The van der Waals surface area contributed by atoms with Crippen LogP contribution in [0, 0.1) is 0 Å². The zero-order valence-electron chi connectivity index (χ0n) is 15.9. The van der Waals surface area contributed by atoms with Crippen molar-refractivity contribution in [2.75, 3.05) is 6.61 Å². The summed E-state index contributed by atoms with van der Waals surface area (Å²) >= 11 is 1.75. The average Bonchev–Trinajstić information content (AvgIpc) is 3.17. The van der Waals surface area contributed by atoms with Crippen molar-refractivity contribution >= 4 is 31.4 Å². The van der Waals surface area contributed by atoms with E-state index >= 15 is 0 Å². The van der Waals surface area contributed by atoms with E-state index < -0.39 is 10.0 Å². The van der Waals surface area contributed by atoms with Crippen LogP contribution in [-0.4, -0.2) is 21.1 Å². The van der Waals surface area contributed by atoms with E-state index in [1.54, 1.807) is 17.4 Å². The maximum atomic E-state index is 11.6. The van der Waals surface area contributed by atoms with Gasteiger partial charge in [0.2, 0.25) is 10.0 Å². The van der Waals surface area contributed by atoms with Crippen molar-refractivity contribution in [3.8, 4) is 11.5 Å². The fourth-order valence-electron chi connectivity index (χ4n) is 3.79. The summed E-state index contributed by atoms with van der Waals surface area (Å²) in [4.78, 5) is 1.20. The topological polar surface area (TPSA) is 78.6 Å². The van der Waals surface area contributed by atoms with E-state index in [1.165, 1.54) is 27.1 Å². The average molecular weight is 438 g/mol. The van der Waals surface area contributed by atoms with Gasteiger partial charge in [-0.15, -0.1) is 11.3 Å². The predicted molar refractivity (Wildman–Crippen MR) is 118 cm³/mol. The van der Waals surface area contributed by atoms with E-state index in [0.29, 0.717) is 18.1 Å². The highest BCUT2D eigenvalue weighted by atomic mass is 32.2. The number of fused-ring (bicyclic) bond motifs is 2. The lowest BCUT2D eigenvalue weighted by molar-refractivity contribution is 0.0799.